The summed E-state index contributed by atoms with van der Waals surface area (Å²) >= 11 is 0. The Morgan fingerprint density at radius 3 is 2.37 bits per heavy atom. The van der Waals surface area contributed by atoms with Gasteiger partial charge in [-0.25, -0.2) is 9.97 Å². The average molecular weight is 408 g/mol. The van der Waals surface area contributed by atoms with Crippen molar-refractivity contribution < 1.29 is 14.4 Å². The summed E-state index contributed by atoms with van der Waals surface area (Å²) in [5, 5.41) is 2.78. The number of anilines is 2. The van der Waals surface area contributed by atoms with Crippen molar-refractivity contribution in [3.8, 4) is 0 Å². The van der Waals surface area contributed by atoms with E-state index in [1.54, 1.807) is 30.3 Å². The van der Waals surface area contributed by atoms with Crippen LogP contribution in [-0.4, -0.2) is 77.3 Å². The fourth-order valence-electron chi connectivity index (χ4n) is 3.67. The first kappa shape index (κ1) is 20.0. The zero-order chi connectivity index (χ0) is 21.1. The molecule has 0 aliphatic carbocycles. The fraction of sp³-hybridized carbons (Fsp3) is 0.381. The van der Waals surface area contributed by atoms with Crippen molar-refractivity contribution in [3.05, 3.63) is 47.8 Å². The van der Waals surface area contributed by atoms with Crippen molar-refractivity contribution >= 4 is 29.4 Å². The molecule has 9 nitrogen and oxygen atoms in total. The SMILES string of the molecule is CN1CCN(c2cc(NC(=O)CCCN3C(=O)c4ccccc4C3=O)ncn2)CC1. The highest BCUT2D eigenvalue weighted by Crippen LogP contribution is 2.22. The van der Waals surface area contributed by atoms with Gasteiger partial charge >= 0.3 is 0 Å². The number of benzene rings is 1. The van der Waals surface area contributed by atoms with Crippen molar-refractivity contribution in [2.24, 2.45) is 0 Å². The number of fused-ring (bicyclic) bond motifs is 1. The van der Waals surface area contributed by atoms with Crippen molar-refractivity contribution in [1.82, 2.24) is 19.8 Å². The standard InChI is InChI=1S/C21H24N6O3/c1-25-9-11-26(12-10-25)18-13-17(22-14-23-18)24-19(28)7-4-8-27-20(29)15-5-2-3-6-16(15)21(27)30/h2-3,5-6,13-14H,4,7-12H2,1H3,(H,22,23,24,28). The van der Waals surface area contributed by atoms with Gasteiger partial charge in [0.25, 0.3) is 11.8 Å². The lowest BCUT2D eigenvalue weighted by Crippen LogP contribution is -2.44. The van der Waals surface area contributed by atoms with E-state index < -0.39 is 0 Å². The summed E-state index contributed by atoms with van der Waals surface area (Å²) in [6.07, 6.45) is 2.01. The van der Waals surface area contributed by atoms with E-state index in [2.05, 4.69) is 32.1 Å². The summed E-state index contributed by atoms with van der Waals surface area (Å²) in [7, 11) is 2.09. The minimum absolute atomic E-state index is 0.182. The molecule has 3 amide bonds. The van der Waals surface area contributed by atoms with Crippen LogP contribution in [-0.2, 0) is 4.79 Å². The summed E-state index contributed by atoms with van der Waals surface area (Å²) in [6.45, 7) is 3.88. The number of carbonyl (C=O) groups is 3. The highest BCUT2D eigenvalue weighted by molar-refractivity contribution is 6.21. The van der Waals surface area contributed by atoms with E-state index in [1.165, 1.54) is 11.2 Å². The number of hydrogen-bond donors (Lipinski definition) is 1. The number of imide groups is 1. The van der Waals surface area contributed by atoms with Gasteiger partial charge in [0.05, 0.1) is 11.1 Å². The Bertz CT molecular complexity index is 936. The third kappa shape index (κ3) is 4.16. The van der Waals surface area contributed by atoms with E-state index in [4.69, 9.17) is 0 Å². The minimum Gasteiger partial charge on any atom is -0.354 e. The monoisotopic (exact) mass is 408 g/mol. The van der Waals surface area contributed by atoms with E-state index >= 15 is 0 Å². The van der Waals surface area contributed by atoms with E-state index in [1.807, 2.05) is 0 Å². The molecule has 1 fully saturated rings. The van der Waals surface area contributed by atoms with Crippen molar-refractivity contribution in [2.75, 3.05) is 50.0 Å². The summed E-state index contributed by atoms with van der Waals surface area (Å²) in [5.41, 5.74) is 0.841. The number of nitrogens with zero attached hydrogens (tertiary/aromatic N) is 5. The molecule has 0 bridgehead atoms. The maximum atomic E-state index is 12.4. The molecule has 1 saturated heterocycles. The summed E-state index contributed by atoms with van der Waals surface area (Å²) in [4.78, 5) is 51.1. The first-order chi connectivity index (χ1) is 14.5. The van der Waals surface area contributed by atoms with Gasteiger partial charge in [-0.3, -0.25) is 19.3 Å². The highest BCUT2D eigenvalue weighted by Gasteiger charge is 2.34. The zero-order valence-corrected chi connectivity index (χ0v) is 16.9. The quantitative estimate of drug-likeness (QED) is 0.718. The summed E-state index contributed by atoms with van der Waals surface area (Å²) < 4.78 is 0. The van der Waals surface area contributed by atoms with Crippen LogP contribution in [0.15, 0.2) is 36.7 Å². The predicted molar refractivity (Wildman–Crippen MR) is 111 cm³/mol. The van der Waals surface area contributed by atoms with Crippen molar-refractivity contribution in [2.45, 2.75) is 12.8 Å². The number of carbonyl (C=O) groups excluding carboxylic acids is 3. The number of hydrogen-bond acceptors (Lipinski definition) is 7. The molecule has 1 aromatic carbocycles. The Morgan fingerprint density at radius 2 is 1.70 bits per heavy atom. The molecular weight excluding hydrogens is 384 g/mol. The van der Waals surface area contributed by atoms with Crippen LogP contribution in [0.25, 0.3) is 0 Å². The Labute approximate surface area is 174 Å². The maximum Gasteiger partial charge on any atom is 0.261 e. The Balaban J connectivity index is 1.28. The van der Waals surface area contributed by atoms with Gasteiger partial charge in [-0.05, 0) is 25.6 Å². The Hall–Kier alpha value is -3.33. The molecule has 1 aromatic heterocycles. The fourth-order valence-corrected chi connectivity index (χ4v) is 3.67. The summed E-state index contributed by atoms with van der Waals surface area (Å²) in [6, 6.07) is 8.54. The van der Waals surface area contributed by atoms with Crippen molar-refractivity contribution in [3.63, 3.8) is 0 Å². The number of rotatable bonds is 6. The van der Waals surface area contributed by atoms with Crippen LogP contribution in [0.4, 0.5) is 11.6 Å². The van der Waals surface area contributed by atoms with Crippen LogP contribution in [0.1, 0.15) is 33.6 Å². The molecule has 0 unspecified atom stereocenters. The molecule has 0 saturated carbocycles. The molecule has 156 valence electrons. The lowest BCUT2D eigenvalue weighted by atomic mass is 10.1. The van der Waals surface area contributed by atoms with Gasteiger partial charge in [-0.1, -0.05) is 12.1 Å². The third-order valence-corrected chi connectivity index (χ3v) is 5.41. The normalized spacial score (nSPS) is 16.7. The van der Waals surface area contributed by atoms with Crippen molar-refractivity contribution in [1.29, 1.82) is 0 Å². The molecule has 2 aromatic rings. The largest absolute Gasteiger partial charge is 0.354 e. The predicted octanol–water partition coefficient (Wildman–Crippen LogP) is 1.24. The summed E-state index contributed by atoms with van der Waals surface area (Å²) in [5.74, 6) is 0.422. The van der Waals surface area contributed by atoms with Gasteiger partial charge in [-0.2, -0.15) is 0 Å². The second-order valence-corrected chi connectivity index (χ2v) is 7.51. The lowest BCUT2D eigenvalue weighted by molar-refractivity contribution is -0.116. The molecule has 30 heavy (non-hydrogen) atoms. The molecule has 0 spiro atoms. The molecule has 1 N–H and O–H groups in total. The average Bonchev–Trinajstić information content (AvgIpc) is 2.99. The first-order valence-corrected chi connectivity index (χ1v) is 10.0. The molecule has 4 rings (SSSR count). The number of amides is 3. The maximum absolute atomic E-state index is 12.4. The topological polar surface area (TPSA) is 98.7 Å². The van der Waals surface area contributed by atoms with Crippen LogP contribution in [0.5, 0.6) is 0 Å². The van der Waals surface area contributed by atoms with Crippen LogP contribution in [0.2, 0.25) is 0 Å². The number of piperazine rings is 1. The second-order valence-electron chi connectivity index (χ2n) is 7.51. The van der Waals surface area contributed by atoms with Crippen LogP contribution < -0.4 is 10.2 Å². The number of aromatic nitrogens is 2. The van der Waals surface area contributed by atoms with Gasteiger partial charge in [0.2, 0.25) is 5.91 Å². The highest BCUT2D eigenvalue weighted by atomic mass is 16.2. The van der Waals surface area contributed by atoms with Gasteiger partial charge in [0.15, 0.2) is 0 Å². The van der Waals surface area contributed by atoms with E-state index in [-0.39, 0.29) is 30.7 Å². The van der Waals surface area contributed by atoms with E-state index in [0.717, 1.165) is 32.0 Å². The second kappa shape index (κ2) is 8.58. The molecule has 3 heterocycles. The van der Waals surface area contributed by atoms with E-state index in [9.17, 15) is 14.4 Å². The first-order valence-electron chi connectivity index (χ1n) is 10.0. The van der Waals surface area contributed by atoms with Gasteiger partial charge in [-0.15, -0.1) is 0 Å². The van der Waals surface area contributed by atoms with E-state index in [0.29, 0.717) is 23.4 Å². The molecule has 2 aliphatic rings. The van der Waals surface area contributed by atoms with Crippen LogP contribution in [0.3, 0.4) is 0 Å². The van der Waals surface area contributed by atoms with Gasteiger partial charge in [0.1, 0.15) is 18.0 Å². The number of likely N-dealkylation sites (N-methyl/N-ethyl adjacent to an activating group) is 1. The van der Waals surface area contributed by atoms with Crippen LogP contribution in [0, 0.1) is 0 Å². The molecule has 2 aliphatic heterocycles. The molecule has 9 heteroatoms. The smallest absolute Gasteiger partial charge is 0.261 e. The zero-order valence-electron chi connectivity index (χ0n) is 16.9. The number of nitrogens with one attached hydrogen (secondary N) is 1. The Morgan fingerprint density at radius 1 is 1.03 bits per heavy atom. The van der Waals surface area contributed by atoms with Crippen LogP contribution >= 0.6 is 0 Å². The molecule has 0 radical (unpaired) electrons. The lowest BCUT2D eigenvalue weighted by Gasteiger charge is -2.33. The van der Waals surface area contributed by atoms with Gasteiger partial charge in [0, 0.05) is 45.2 Å². The molecule has 0 atom stereocenters. The Kier molecular flexibility index (Phi) is 5.71. The third-order valence-electron chi connectivity index (χ3n) is 5.41. The van der Waals surface area contributed by atoms with Gasteiger partial charge < -0.3 is 15.1 Å². The minimum atomic E-state index is -0.302. The molecular formula is C21H24N6O3.